The van der Waals surface area contributed by atoms with Crippen molar-refractivity contribution < 1.29 is 14.3 Å². The van der Waals surface area contributed by atoms with Gasteiger partial charge in [0.05, 0.1) is 12.5 Å². The van der Waals surface area contributed by atoms with E-state index in [0.29, 0.717) is 24.9 Å². The third-order valence-electron chi connectivity index (χ3n) is 6.36. The Morgan fingerprint density at radius 3 is 2.76 bits per heavy atom. The van der Waals surface area contributed by atoms with E-state index in [-0.39, 0.29) is 6.04 Å². The number of hydrogen-bond acceptors (Lipinski definition) is 6. The van der Waals surface area contributed by atoms with Gasteiger partial charge in [-0.2, -0.15) is 0 Å². The number of ether oxygens (including phenoxy) is 2. The van der Waals surface area contributed by atoms with Gasteiger partial charge in [-0.1, -0.05) is 42.5 Å². The second kappa shape index (κ2) is 9.43. The van der Waals surface area contributed by atoms with Gasteiger partial charge in [0.15, 0.2) is 0 Å². The molecule has 2 aromatic carbocycles. The van der Waals surface area contributed by atoms with Crippen LogP contribution in [-0.2, 0) is 11.3 Å². The lowest BCUT2D eigenvalue weighted by Crippen LogP contribution is -2.36. The summed E-state index contributed by atoms with van der Waals surface area (Å²) in [7, 11) is 1.37. The summed E-state index contributed by atoms with van der Waals surface area (Å²) in [5, 5.41) is 3.63. The van der Waals surface area contributed by atoms with Gasteiger partial charge in [-0.25, -0.2) is 14.8 Å². The predicted molar refractivity (Wildman–Crippen MR) is 130 cm³/mol. The smallest absolute Gasteiger partial charge is 0.406 e. The molecule has 0 bridgehead atoms. The number of nitrogen functional groups attached to an aromatic ring is 1. The van der Waals surface area contributed by atoms with Crippen molar-refractivity contribution in [1.29, 1.82) is 0 Å². The van der Waals surface area contributed by atoms with Gasteiger partial charge in [-0.15, -0.1) is 0 Å². The molecule has 0 saturated heterocycles. The molecule has 8 heteroatoms. The number of amides is 1. The van der Waals surface area contributed by atoms with Gasteiger partial charge in [-0.05, 0) is 42.0 Å². The van der Waals surface area contributed by atoms with Crippen molar-refractivity contribution in [2.75, 3.05) is 19.4 Å². The lowest BCUT2D eigenvalue weighted by atomic mass is 9.80. The Morgan fingerprint density at radius 1 is 1.15 bits per heavy atom. The third kappa shape index (κ3) is 4.39. The fourth-order valence-electron chi connectivity index (χ4n) is 4.49. The van der Waals surface area contributed by atoms with Crippen molar-refractivity contribution in [2.45, 2.75) is 25.5 Å². The van der Waals surface area contributed by atoms with Gasteiger partial charge < -0.3 is 25.1 Å². The second-order valence-corrected chi connectivity index (χ2v) is 8.57. The minimum atomic E-state index is -0.396. The van der Waals surface area contributed by atoms with Crippen LogP contribution in [0.3, 0.4) is 0 Å². The van der Waals surface area contributed by atoms with E-state index in [9.17, 15) is 4.79 Å². The predicted octanol–water partition coefficient (Wildman–Crippen LogP) is 4.57. The van der Waals surface area contributed by atoms with Crippen LogP contribution in [-0.4, -0.2) is 34.3 Å². The molecular formula is C26H27N5O3. The highest BCUT2D eigenvalue weighted by molar-refractivity contribution is 6.00. The molecule has 1 saturated carbocycles. The molecule has 8 nitrogen and oxygen atoms in total. The van der Waals surface area contributed by atoms with Crippen LogP contribution in [0.5, 0.6) is 5.75 Å². The first kappa shape index (κ1) is 21.8. The molecule has 0 aliphatic heterocycles. The molecule has 2 aromatic heterocycles. The first-order valence-electron chi connectivity index (χ1n) is 11.3. The molecule has 0 spiro atoms. The average molecular weight is 458 g/mol. The number of nitrogens with one attached hydrogen (secondary N) is 1. The topological polar surface area (TPSA) is 104 Å². The fraction of sp³-hybridized carbons (Fsp3) is 0.269. The largest absolute Gasteiger partial charge is 0.489 e. The van der Waals surface area contributed by atoms with Crippen LogP contribution in [0.25, 0.3) is 22.2 Å². The molecule has 5 rings (SSSR count). The number of nitrogens with two attached hydrogens (primary N) is 1. The number of carbonyl (C=O) groups is 1. The Balaban J connectivity index is 1.39. The highest BCUT2D eigenvalue weighted by Crippen LogP contribution is 2.42. The number of rotatable bonds is 7. The van der Waals surface area contributed by atoms with Crippen molar-refractivity contribution in [3.05, 3.63) is 72.7 Å². The van der Waals surface area contributed by atoms with Gasteiger partial charge in [0.2, 0.25) is 0 Å². The van der Waals surface area contributed by atoms with Crippen molar-refractivity contribution in [3.8, 4) is 16.9 Å². The number of anilines is 1. The van der Waals surface area contributed by atoms with E-state index >= 15 is 0 Å². The maximum absolute atomic E-state index is 11.4. The SMILES string of the molecule is COC(=O)NC[C@H]1C[C@@H](n2cc(-c3cccc(OCc4ccccc4)c3)c3c(N)ncnc32)C1. The summed E-state index contributed by atoms with van der Waals surface area (Å²) in [5.41, 5.74) is 10.2. The molecule has 0 radical (unpaired) electrons. The van der Waals surface area contributed by atoms with E-state index in [2.05, 4.69) is 30.8 Å². The van der Waals surface area contributed by atoms with Crippen LogP contribution in [0, 0.1) is 5.92 Å². The average Bonchev–Trinajstić information content (AvgIpc) is 3.23. The monoisotopic (exact) mass is 457 g/mol. The molecule has 3 N–H and O–H groups in total. The number of alkyl carbamates (subject to hydrolysis) is 1. The number of aromatic nitrogens is 3. The minimum Gasteiger partial charge on any atom is -0.489 e. The van der Waals surface area contributed by atoms with Gasteiger partial charge >= 0.3 is 6.09 Å². The van der Waals surface area contributed by atoms with Crippen molar-refractivity contribution in [2.24, 2.45) is 5.92 Å². The van der Waals surface area contributed by atoms with Crippen LogP contribution in [0.4, 0.5) is 10.6 Å². The van der Waals surface area contributed by atoms with Crippen LogP contribution < -0.4 is 15.8 Å². The molecule has 1 fully saturated rings. The van der Waals surface area contributed by atoms with E-state index in [4.69, 9.17) is 10.5 Å². The standard InChI is InChI=1S/C26H27N5O3/c1-33-26(32)28-13-18-10-20(11-18)31-14-22(23-24(27)29-16-30-25(23)31)19-8-5-9-21(12-19)34-15-17-6-3-2-4-7-17/h2-9,12,14,16,18,20H,10-11,13,15H2,1H3,(H,28,32)(H2,27,29,30)/t18-,20+. The maximum atomic E-state index is 11.4. The molecule has 2 heterocycles. The number of methoxy groups -OCH3 is 1. The summed E-state index contributed by atoms with van der Waals surface area (Å²) in [4.78, 5) is 20.2. The summed E-state index contributed by atoms with van der Waals surface area (Å²) in [6, 6.07) is 18.4. The summed E-state index contributed by atoms with van der Waals surface area (Å²) >= 11 is 0. The van der Waals surface area contributed by atoms with Crippen molar-refractivity contribution >= 4 is 22.9 Å². The molecule has 34 heavy (non-hydrogen) atoms. The Morgan fingerprint density at radius 2 is 1.97 bits per heavy atom. The Labute approximate surface area is 197 Å². The fourth-order valence-corrected chi connectivity index (χ4v) is 4.49. The summed E-state index contributed by atoms with van der Waals surface area (Å²) in [6.07, 6.45) is 5.11. The first-order chi connectivity index (χ1) is 16.6. The molecule has 0 unspecified atom stereocenters. The highest BCUT2D eigenvalue weighted by atomic mass is 16.5. The van der Waals surface area contributed by atoms with Crippen LogP contribution in [0.2, 0.25) is 0 Å². The van der Waals surface area contributed by atoms with Crippen molar-refractivity contribution in [3.63, 3.8) is 0 Å². The number of carbonyl (C=O) groups excluding carboxylic acids is 1. The number of hydrogen-bond donors (Lipinski definition) is 2. The highest BCUT2D eigenvalue weighted by Gasteiger charge is 2.32. The van der Waals surface area contributed by atoms with Crippen LogP contribution in [0.1, 0.15) is 24.4 Å². The van der Waals surface area contributed by atoms with Gasteiger partial charge in [0, 0.05) is 24.3 Å². The molecule has 1 aliphatic carbocycles. The molecule has 1 aliphatic rings. The lowest BCUT2D eigenvalue weighted by Gasteiger charge is -2.36. The van der Waals surface area contributed by atoms with E-state index in [0.717, 1.165) is 46.3 Å². The van der Waals surface area contributed by atoms with E-state index in [1.165, 1.54) is 13.4 Å². The van der Waals surface area contributed by atoms with Gasteiger partial charge in [0.1, 0.15) is 30.1 Å². The Hall–Kier alpha value is -4.07. The molecule has 174 valence electrons. The second-order valence-electron chi connectivity index (χ2n) is 8.57. The Bertz CT molecular complexity index is 1300. The van der Waals surface area contributed by atoms with Crippen LogP contribution in [0.15, 0.2) is 67.1 Å². The first-order valence-corrected chi connectivity index (χ1v) is 11.3. The summed E-state index contributed by atoms with van der Waals surface area (Å²) in [6.45, 7) is 1.10. The van der Waals surface area contributed by atoms with E-state index < -0.39 is 6.09 Å². The van der Waals surface area contributed by atoms with E-state index in [1.54, 1.807) is 0 Å². The van der Waals surface area contributed by atoms with Gasteiger partial charge in [0.25, 0.3) is 0 Å². The lowest BCUT2D eigenvalue weighted by molar-refractivity contribution is 0.155. The zero-order valence-corrected chi connectivity index (χ0v) is 19.0. The maximum Gasteiger partial charge on any atom is 0.406 e. The summed E-state index contributed by atoms with van der Waals surface area (Å²) in [5.74, 6) is 1.65. The van der Waals surface area contributed by atoms with Crippen LogP contribution >= 0.6 is 0 Å². The quantitative estimate of drug-likeness (QED) is 0.421. The molecule has 1 amide bonds. The zero-order chi connectivity index (χ0) is 23.5. The Kier molecular flexibility index (Phi) is 6.03. The molecule has 4 aromatic rings. The molecular weight excluding hydrogens is 430 g/mol. The normalized spacial score (nSPS) is 17.2. The molecule has 0 atom stereocenters. The number of nitrogens with zero attached hydrogens (tertiary/aromatic N) is 3. The minimum absolute atomic E-state index is 0.285. The summed E-state index contributed by atoms with van der Waals surface area (Å²) < 4.78 is 12.9. The van der Waals surface area contributed by atoms with E-state index in [1.807, 2.05) is 54.6 Å². The van der Waals surface area contributed by atoms with Gasteiger partial charge in [-0.3, -0.25) is 0 Å². The third-order valence-corrected chi connectivity index (χ3v) is 6.36. The zero-order valence-electron chi connectivity index (χ0n) is 19.0. The number of benzene rings is 2. The number of fused-ring (bicyclic) bond motifs is 1. The van der Waals surface area contributed by atoms with Crippen molar-refractivity contribution in [1.82, 2.24) is 19.9 Å².